The van der Waals surface area contributed by atoms with Gasteiger partial charge < -0.3 is 9.30 Å². The molecule has 0 fully saturated rings. The Morgan fingerprint density at radius 3 is 2.67 bits per heavy atom. The first kappa shape index (κ1) is 29.7. The van der Waals surface area contributed by atoms with E-state index in [1.807, 2.05) is 35.8 Å². The Morgan fingerprint density at radius 1 is 1.19 bits per heavy atom. The molecule has 0 saturated heterocycles. The van der Waals surface area contributed by atoms with Gasteiger partial charge in [0.15, 0.2) is 6.29 Å². The van der Waals surface area contributed by atoms with E-state index < -0.39 is 22.8 Å². The van der Waals surface area contributed by atoms with E-state index in [0.717, 1.165) is 28.5 Å². The topological polar surface area (TPSA) is 107 Å². The quantitative estimate of drug-likeness (QED) is 0.118. The number of rotatable bonds is 10. The highest BCUT2D eigenvalue weighted by atomic mass is 32.2. The molecule has 0 radical (unpaired) electrons. The largest absolute Gasteiger partial charge is 0.361 e. The predicted octanol–water partition coefficient (Wildman–Crippen LogP) is 6.42. The third-order valence-electron chi connectivity index (χ3n) is 7.87. The minimum atomic E-state index is -3.90. The van der Waals surface area contributed by atoms with Gasteiger partial charge in [0.2, 0.25) is 10.0 Å². The summed E-state index contributed by atoms with van der Waals surface area (Å²) in [4.78, 5) is 17.0. The molecule has 42 heavy (non-hydrogen) atoms. The molecule has 1 unspecified atom stereocenters. The second kappa shape index (κ2) is 11.1. The molecule has 5 rings (SSSR count). The molecule has 1 aliphatic rings. The lowest BCUT2D eigenvalue weighted by atomic mass is 9.98. The van der Waals surface area contributed by atoms with Gasteiger partial charge in [-0.1, -0.05) is 49.5 Å². The van der Waals surface area contributed by atoms with E-state index in [2.05, 4.69) is 25.7 Å². The zero-order chi connectivity index (χ0) is 30.3. The molecule has 0 amide bonds. The van der Waals surface area contributed by atoms with Crippen molar-refractivity contribution in [3.05, 3.63) is 88.9 Å². The minimum Gasteiger partial charge on any atom is -0.361 e. The Morgan fingerprint density at radius 2 is 1.98 bits per heavy atom. The predicted molar refractivity (Wildman–Crippen MR) is 169 cm³/mol. The molecule has 10 heteroatoms. The van der Waals surface area contributed by atoms with Gasteiger partial charge in [-0.2, -0.15) is 5.26 Å². The van der Waals surface area contributed by atoms with Gasteiger partial charge in [0.05, 0.1) is 28.2 Å². The fourth-order valence-electron chi connectivity index (χ4n) is 5.47. The van der Waals surface area contributed by atoms with Crippen molar-refractivity contribution in [3.8, 4) is 6.07 Å². The molecular weight excluding hydrogens is 565 g/mol. The number of nitriles is 1. The van der Waals surface area contributed by atoms with Gasteiger partial charge in [-0.15, -0.1) is 0 Å². The summed E-state index contributed by atoms with van der Waals surface area (Å²) in [5, 5.41) is 10.1. The van der Waals surface area contributed by atoms with Gasteiger partial charge in [-0.3, -0.25) is 4.79 Å². The monoisotopic (exact) mass is 600 g/mol. The highest BCUT2D eigenvalue weighted by Crippen LogP contribution is 2.35. The highest BCUT2D eigenvalue weighted by Gasteiger charge is 2.39. The van der Waals surface area contributed by atoms with E-state index >= 15 is 0 Å². The van der Waals surface area contributed by atoms with Crippen molar-refractivity contribution < 1.29 is 17.9 Å². The van der Waals surface area contributed by atoms with Crippen LogP contribution in [-0.4, -0.2) is 47.7 Å². The van der Waals surface area contributed by atoms with Crippen LogP contribution in [0.5, 0.6) is 0 Å². The molecule has 4 aromatic rings. The molecular formula is C32H36N4O4SSi. The number of aromatic nitrogens is 3. The normalized spacial score (nSPS) is 17.5. The molecule has 2 heterocycles. The average molecular weight is 601 g/mol. The zero-order valence-corrected chi connectivity index (χ0v) is 26.5. The third-order valence-corrected chi connectivity index (χ3v) is 11.9. The first-order valence-corrected chi connectivity index (χ1v) is 19.2. The number of carbonyl (C=O) groups excluding carboxylic acids is 1. The van der Waals surface area contributed by atoms with E-state index in [-0.39, 0.29) is 0 Å². The zero-order valence-electron chi connectivity index (χ0n) is 24.7. The lowest BCUT2D eigenvalue weighted by Gasteiger charge is -2.28. The summed E-state index contributed by atoms with van der Waals surface area (Å²) < 4.78 is 36.3. The summed E-state index contributed by atoms with van der Waals surface area (Å²) in [6, 6.07) is 13.9. The Hall–Kier alpha value is -3.78. The van der Waals surface area contributed by atoms with Crippen LogP contribution in [0.1, 0.15) is 47.6 Å². The van der Waals surface area contributed by atoms with Gasteiger partial charge in [0, 0.05) is 38.2 Å². The van der Waals surface area contributed by atoms with Gasteiger partial charge in [0.25, 0.3) is 0 Å². The van der Waals surface area contributed by atoms with Crippen LogP contribution in [0, 0.1) is 11.3 Å². The van der Waals surface area contributed by atoms with Gasteiger partial charge in [0.1, 0.15) is 17.3 Å². The average Bonchev–Trinajstić information content (AvgIpc) is 3.53. The molecule has 1 atom stereocenters. The lowest BCUT2D eigenvalue weighted by Crippen LogP contribution is -2.38. The van der Waals surface area contributed by atoms with Crippen LogP contribution < -0.4 is 0 Å². The van der Waals surface area contributed by atoms with E-state index in [0.29, 0.717) is 60.0 Å². The number of imidazole rings is 1. The van der Waals surface area contributed by atoms with Crippen LogP contribution in [0.2, 0.25) is 25.7 Å². The van der Waals surface area contributed by atoms with E-state index in [9.17, 15) is 18.5 Å². The summed E-state index contributed by atoms with van der Waals surface area (Å²) in [5.74, 6) is 0.729. The van der Waals surface area contributed by atoms with Crippen LogP contribution >= 0.6 is 0 Å². The fraction of sp³-hybridized carbons (Fsp3) is 0.344. The Bertz CT molecular complexity index is 1900. The number of carbonyl (C=O) groups is 1. The van der Waals surface area contributed by atoms with Crippen LogP contribution in [-0.2, 0) is 27.9 Å². The number of hydrogen-bond donors (Lipinski definition) is 0. The molecule has 1 aliphatic carbocycles. The summed E-state index contributed by atoms with van der Waals surface area (Å²) >= 11 is 0. The number of nitrogens with zero attached hydrogens (tertiary/aromatic N) is 4. The summed E-state index contributed by atoms with van der Waals surface area (Å²) in [6.07, 6.45) is 8.54. The molecule has 0 aliphatic heterocycles. The summed E-state index contributed by atoms with van der Waals surface area (Å²) in [6.45, 7) is 11.5. The number of hydrogen-bond acceptors (Lipinski definition) is 6. The minimum absolute atomic E-state index is 0.305. The molecule has 2 aromatic heterocycles. The molecule has 0 saturated carbocycles. The summed E-state index contributed by atoms with van der Waals surface area (Å²) in [5.41, 5.74) is 4.46. The van der Waals surface area contributed by atoms with E-state index in [1.165, 1.54) is 3.97 Å². The van der Waals surface area contributed by atoms with E-state index in [4.69, 9.17) is 9.72 Å². The SMILES string of the molecule is CC1=CC(C)(S(=O)(=O)n2ccc3c(Cc4nc5cc(C#N)ccc5n4COCC[Si](C)(C)C)ccc(C=O)c32)CC=C1. The highest BCUT2D eigenvalue weighted by molar-refractivity contribution is 7.91. The molecule has 0 bridgehead atoms. The lowest BCUT2D eigenvalue weighted by molar-refractivity contribution is 0.0881. The molecule has 0 N–H and O–H groups in total. The first-order chi connectivity index (χ1) is 19.9. The van der Waals surface area contributed by atoms with Crippen LogP contribution in [0.25, 0.3) is 21.9 Å². The first-order valence-electron chi connectivity index (χ1n) is 14.0. The van der Waals surface area contributed by atoms with Crippen LogP contribution in [0.4, 0.5) is 0 Å². The number of allylic oxidation sites excluding steroid dienone is 3. The molecule has 218 valence electrons. The Balaban J connectivity index is 1.58. The number of ether oxygens (including phenoxy) is 1. The van der Waals surface area contributed by atoms with Gasteiger partial charge >= 0.3 is 0 Å². The summed E-state index contributed by atoms with van der Waals surface area (Å²) in [7, 11) is -5.17. The van der Waals surface area contributed by atoms with Crippen molar-refractivity contribution in [1.82, 2.24) is 13.5 Å². The Labute approximate surface area is 248 Å². The van der Waals surface area contributed by atoms with Crippen molar-refractivity contribution in [3.63, 3.8) is 0 Å². The van der Waals surface area contributed by atoms with E-state index in [1.54, 1.807) is 43.5 Å². The smallest absolute Gasteiger partial charge is 0.248 e. The van der Waals surface area contributed by atoms with Crippen molar-refractivity contribution in [1.29, 1.82) is 5.26 Å². The van der Waals surface area contributed by atoms with Gasteiger partial charge in [-0.25, -0.2) is 17.4 Å². The van der Waals surface area contributed by atoms with Crippen LogP contribution in [0.3, 0.4) is 0 Å². The van der Waals surface area contributed by atoms with Crippen molar-refractivity contribution >= 4 is 46.3 Å². The second-order valence-corrected chi connectivity index (χ2v) is 20.3. The molecule has 2 aromatic carbocycles. The Kier molecular flexibility index (Phi) is 7.87. The van der Waals surface area contributed by atoms with Crippen molar-refractivity contribution in [2.75, 3.05) is 6.61 Å². The van der Waals surface area contributed by atoms with Crippen LogP contribution in [0.15, 0.2) is 66.4 Å². The maximum atomic E-state index is 14.0. The van der Waals surface area contributed by atoms with Gasteiger partial charge in [-0.05, 0) is 62.2 Å². The fourth-order valence-corrected chi connectivity index (χ4v) is 7.98. The number of aldehydes is 1. The number of fused-ring (bicyclic) bond motifs is 2. The number of benzene rings is 2. The van der Waals surface area contributed by atoms with Crippen molar-refractivity contribution in [2.24, 2.45) is 0 Å². The molecule has 8 nitrogen and oxygen atoms in total. The standard InChI is InChI=1S/C32H36N4O4SSi/c1-23-7-6-13-32(2,19-23)41(38,39)36-14-12-27-25(9-10-26(21-37)31(27)36)18-30-34-28-17-24(20-33)8-11-29(28)35(30)22-40-15-16-42(3,4)5/h6-12,14,17,19,21H,13,15-16,18,22H2,1-5H3. The maximum absolute atomic E-state index is 14.0. The second-order valence-electron chi connectivity index (χ2n) is 12.4. The third kappa shape index (κ3) is 5.52. The molecule has 0 spiro atoms. The maximum Gasteiger partial charge on any atom is 0.248 e. The van der Waals surface area contributed by atoms with Crippen molar-refractivity contribution in [2.45, 2.75) is 63.9 Å².